The Morgan fingerprint density at radius 2 is 2.33 bits per heavy atom. The molecule has 6 heteroatoms. The molecule has 1 aliphatic heterocycles. The van der Waals surface area contributed by atoms with E-state index in [0.29, 0.717) is 6.54 Å². The van der Waals surface area contributed by atoms with Gasteiger partial charge in [-0.2, -0.15) is 0 Å². The highest BCUT2D eigenvalue weighted by Crippen LogP contribution is 2.09. The minimum Gasteiger partial charge on any atom is -0.463 e. The monoisotopic (exact) mass is 232 g/mol. The standard InChI is InChI=1S/C9H13NO4S/c11-9-6-15(12,13)5-8(9)10-4-7-2-1-3-14-7/h1-3,8-11H,4-6H2/p+1/t8-,9+/m0/s1. The third-order valence-corrected chi connectivity index (χ3v) is 4.31. The van der Waals surface area contributed by atoms with E-state index in [1.54, 1.807) is 12.3 Å². The van der Waals surface area contributed by atoms with Crippen LogP contribution >= 0.6 is 0 Å². The van der Waals surface area contributed by atoms with Gasteiger partial charge in [-0.05, 0) is 12.1 Å². The molecule has 1 aromatic heterocycles. The summed E-state index contributed by atoms with van der Waals surface area (Å²) in [6, 6.07) is 3.34. The van der Waals surface area contributed by atoms with Gasteiger partial charge in [0, 0.05) is 0 Å². The molecule has 0 aliphatic carbocycles. The molecule has 0 saturated carbocycles. The van der Waals surface area contributed by atoms with E-state index in [2.05, 4.69) is 0 Å². The van der Waals surface area contributed by atoms with Gasteiger partial charge in [0.05, 0.1) is 12.0 Å². The lowest BCUT2D eigenvalue weighted by molar-refractivity contribution is -0.706. The van der Waals surface area contributed by atoms with E-state index in [9.17, 15) is 13.5 Å². The van der Waals surface area contributed by atoms with E-state index in [-0.39, 0.29) is 17.5 Å². The van der Waals surface area contributed by atoms with E-state index in [0.717, 1.165) is 5.76 Å². The number of nitrogens with two attached hydrogens (primary N) is 1. The van der Waals surface area contributed by atoms with Crippen molar-refractivity contribution in [1.29, 1.82) is 0 Å². The molecule has 5 nitrogen and oxygen atoms in total. The lowest BCUT2D eigenvalue weighted by atomic mass is 10.2. The first-order chi connectivity index (χ1) is 7.07. The van der Waals surface area contributed by atoms with Crippen molar-refractivity contribution in [2.75, 3.05) is 11.5 Å². The predicted octanol–water partition coefficient (Wildman–Crippen LogP) is -1.50. The van der Waals surface area contributed by atoms with Crippen molar-refractivity contribution >= 4 is 9.84 Å². The fourth-order valence-electron chi connectivity index (χ4n) is 1.78. The van der Waals surface area contributed by atoms with Gasteiger partial charge in [-0.15, -0.1) is 0 Å². The number of sulfone groups is 1. The maximum absolute atomic E-state index is 11.2. The van der Waals surface area contributed by atoms with E-state index in [1.165, 1.54) is 0 Å². The summed E-state index contributed by atoms with van der Waals surface area (Å²) in [5, 5.41) is 11.3. The highest BCUT2D eigenvalue weighted by Gasteiger charge is 2.39. The zero-order chi connectivity index (χ0) is 10.9. The Morgan fingerprint density at radius 1 is 1.53 bits per heavy atom. The lowest BCUT2D eigenvalue weighted by Gasteiger charge is -2.09. The number of hydrogen-bond acceptors (Lipinski definition) is 4. The fraction of sp³-hybridized carbons (Fsp3) is 0.556. The van der Waals surface area contributed by atoms with Gasteiger partial charge in [-0.3, -0.25) is 0 Å². The summed E-state index contributed by atoms with van der Waals surface area (Å²) < 4.78 is 27.5. The molecule has 1 aromatic rings. The van der Waals surface area contributed by atoms with Gasteiger partial charge in [0.25, 0.3) is 0 Å². The van der Waals surface area contributed by atoms with Crippen molar-refractivity contribution in [3.8, 4) is 0 Å². The highest BCUT2D eigenvalue weighted by molar-refractivity contribution is 7.91. The highest BCUT2D eigenvalue weighted by atomic mass is 32.2. The van der Waals surface area contributed by atoms with Crippen LogP contribution in [-0.2, 0) is 16.4 Å². The molecule has 2 rings (SSSR count). The van der Waals surface area contributed by atoms with Gasteiger partial charge in [0.15, 0.2) is 15.6 Å². The van der Waals surface area contributed by atoms with E-state index >= 15 is 0 Å². The maximum Gasteiger partial charge on any atom is 0.159 e. The maximum atomic E-state index is 11.2. The van der Waals surface area contributed by atoms with Crippen LogP contribution in [0.1, 0.15) is 5.76 Å². The van der Waals surface area contributed by atoms with Crippen LogP contribution in [0, 0.1) is 0 Å². The summed E-state index contributed by atoms with van der Waals surface area (Å²) in [6.07, 6.45) is 0.815. The Kier molecular flexibility index (Phi) is 2.81. The average molecular weight is 232 g/mol. The van der Waals surface area contributed by atoms with Gasteiger partial charge in [-0.1, -0.05) is 0 Å². The van der Waals surface area contributed by atoms with Gasteiger partial charge in [0.2, 0.25) is 0 Å². The van der Waals surface area contributed by atoms with Gasteiger partial charge >= 0.3 is 0 Å². The first-order valence-corrected chi connectivity index (χ1v) is 6.63. The van der Waals surface area contributed by atoms with Crippen LogP contribution in [0.2, 0.25) is 0 Å². The minimum atomic E-state index is -3.05. The molecule has 15 heavy (non-hydrogen) atoms. The summed E-state index contributed by atoms with van der Waals surface area (Å²) in [6.45, 7) is 0.560. The van der Waals surface area contributed by atoms with Crippen molar-refractivity contribution in [3.05, 3.63) is 24.2 Å². The van der Waals surface area contributed by atoms with Gasteiger partial charge in [0.1, 0.15) is 24.4 Å². The number of aliphatic hydroxyl groups is 1. The van der Waals surface area contributed by atoms with Crippen LogP contribution in [-0.4, -0.2) is 37.2 Å². The predicted molar refractivity (Wildman–Crippen MR) is 52.8 cm³/mol. The van der Waals surface area contributed by atoms with Crippen LogP contribution < -0.4 is 5.32 Å². The molecule has 0 bridgehead atoms. The molecule has 2 heterocycles. The molecule has 0 amide bonds. The smallest absolute Gasteiger partial charge is 0.159 e. The third-order valence-electron chi connectivity index (χ3n) is 2.57. The molecule has 0 aromatic carbocycles. The Hall–Kier alpha value is -0.850. The molecule has 84 valence electrons. The largest absolute Gasteiger partial charge is 0.463 e. The van der Waals surface area contributed by atoms with Crippen LogP contribution in [0.15, 0.2) is 22.8 Å². The van der Waals surface area contributed by atoms with Crippen molar-refractivity contribution in [1.82, 2.24) is 0 Å². The molecule has 3 N–H and O–H groups in total. The molecule has 0 unspecified atom stereocenters. The van der Waals surface area contributed by atoms with Gasteiger partial charge < -0.3 is 14.8 Å². The summed E-state index contributed by atoms with van der Waals surface area (Å²) in [5.41, 5.74) is 0. The number of rotatable bonds is 3. The first kappa shape index (κ1) is 10.7. The summed E-state index contributed by atoms with van der Waals surface area (Å²) in [7, 11) is -3.05. The third kappa shape index (κ3) is 2.58. The van der Waals surface area contributed by atoms with Crippen molar-refractivity contribution < 1.29 is 23.3 Å². The average Bonchev–Trinajstić information content (AvgIpc) is 2.70. The second-order valence-electron chi connectivity index (χ2n) is 3.83. The summed E-state index contributed by atoms with van der Waals surface area (Å²) >= 11 is 0. The van der Waals surface area contributed by atoms with Crippen LogP contribution in [0.25, 0.3) is 0 Å². The zero-order valence-corrected chi connectivity index (χ0v) is 8.98. The van der Waals surface area contributed by atoms with E-state index in [4.69, 9.17) is 4.42 Å². The van der Waals surface area contributed by atoms with Gasteiger partial charge in [-0.25, -0.2) is 8.42 Å². The lowest BCUT2D eigenvalue weighted by Crippen LogP contribution is -2.91. The number of quaternary nitrogens is 1. The summed E-state index contributed by atoms with van der Waals surface area (Å²) in [4.78, 5) is 0. The second-order valence-corrected chi connectivity index (χ2v) is 5.98. The van der Waals surface area contributed by atoms with Crippen LogP contribution in [0.3, 0.4) is 0 Å². The van der Waals surface area contributed by atoms with E-state index in [1.807, 2.05) is 11.4 Å². The molecule has 0 radical (unpaired) electrons. The molecule has 1 saturated heterocycles. The Bertz CT molecular complexity index is 411. The van der Waals surface area contributed by atoms with Crippen molar-refractivity contribution in [2.24, 2.45) is 0 Å². The number of aliphatic hydroxyl groups excluding tert-OH is 1. The Labute approximate surface area is 88.0 Å². The molecule has 2 atom stereocenters. The second kappa shape index (κ2) is 3.96. The van der Waals surface area contributed by atoms with Crippen molar-refractivity contribution in [3.63, 3.8) is 0 Å². The van der Waals surface area contributed by atoms with Crippen LogP contribution in [0.5, 0.6) is 0 Å². The summed E-state index contributed by atoms with van der Waals surface area (Å²) in [5.74, 6) is 0.716. The minimum absolute atomic E-state index is 0.0505. The Balaban J connectivity index is 1.91. The molecular formula is C9H14NO4S+. The quantitative estimate of drug-likeness (QED) is 0.664. The number of hydrogen-bond donors (Lipinski definition) is 2. The molecule has 1 fully saturated rings. The number of furan rings is 1. The SMILES string of the molecule is O=S1(=O)C[C@@H](O)[C@@H]([NH2+]Cc2ccco2)C1. The molecular weight excluding hydrogens is 218 g/mol. The zero-order valence-electron chi connectivity index (χ0n) is 8.17. The molecule has 1 aliphatic rings. The Morgan fingerprint density at radius 3 is 2.87 bits per heavy atom. The molecule has 0 spiro atoms. The van der Waals surface area contributed by atoms with E-state index < -0.39 is 15.9 Å². The van der Waals surface area contributed by atoms with Crippen molar-refractivity contribution in [2.45, 2.75) is 18.7 Å². The fourth-order valence-corrected chi connectivity index (χ4v) is 3.63. The first-order valence-electron chi connectivity index (χ1n) is 4.81. The normalized spacial score (nSPS) is 29.4. The van der Waals surface area contributed by atoms with Crippen LogP contribution in [0.4, 0.5) is 0 Å². The topological polar surface area (TPSA) is 84.1 Å².